The van der Waals surface area contributed by atoms with Crippen LogP contribution in [0.3, 0.4) is 0 Å². The maximum atomic E-state index is 10.9. The molecule has 0 radical (unpaired) electrons. The quantitative estimate of drug-likeness (QED) is 0.304. The summed E-state index contributed by atoms with van der Waals surface area (Å²) >= 11 is 0. The van der Waals surface area contributed by atoms with Gasteiger partial charge in [0.15, 0.2) is 0 Å². The van der Waals surface area contributed by atoms with Gasteiger partial charge in [-0.25, -0.2) is 4.98 Å². The Morgan fingerprint density at radius 1 is 1.24 bits per heavy atom. The van der Waals surface area contributed by atoms with Crippen LogP contribution in [0, 0.1) is 0 Å². The molecule has 0 saturated heterocycles. The maximum absolute atomic E-state index is 10.9. The maximum Gasteiger partial charge on any atom is 2.00 e. The predicted molar refractivity (Wildman–Crippen MR) is 59.2 cm³/mol. The van der Waals surface area contributed by atoms with Gasteiger partial charge in [-0.1, -0.05) is 0 Å². The average Bonchev–Trinajstić information content (AvgIpc) is 2.52. The molecule has 0 aromatic carbocycles. The molecule has 12 heteroatoms. The number of nitrogens with zero attached hydrogens (tertiary/aromatic N) is 2. The van der Waals surface area contributed by atoms with Gasteiger partial charge in [0.25, 0.3) is 5.08 Å². The summed E-state index contributed by atoms with van der Waals surface area (Å²) in [5, 5.41) is 6.04. The third kappa shape index (κ3) is 4.00. The fourth-order valence-electron chi connectivity index (χ4n) is 0.979. The van der Waals surface area contributed by atoms with Gasteiger partial charge in [0.05, 0.1) is 12.9 Å². The van der Waals surface area contributed by atoms with Crippen molar-refractivity contribution < 1.29 is 36.7 Å². The van der Waals surface area contributed by atoms with E-state index in [2.05, 4.69) is 4.98 Å². The number of imidazole rings is 1. The zero-order chi connectivity index (χ0) is 12.6. The first-order valence-electron chi connectivity index (χ1n) is 3.87. The number of aliphatic hydroxyl groups is 1. The standard InChI is InChI=1S/C5H10N2O7P2.Ba.2H/c8-5(15(9,10)11,16(12,13)14)3-7-2-1-6-4-7;;;/h1-2,4,8H,3H2,(H2,9,10,11)(H2,12,13,14);;;/q;+2;2*-1. The fraction of sp³-hybridized carbons (Fsp3) is 0.400. The van der Waals surface area contributed by atoms with E-state index in [4.69, 9.17) is 19.6 Å². The van der Waals surface area contributed by atoms with Crippen molar-refractivity contribution >= 4 is 64.1 Å². The van der Waals surface area contributed by atoms with Crippen molar-refractivity contribution in [2.24, 2.45) is 0 Å². The van der Waals surface area contributed by atoms with E-state index in [-0.39, 0.29) is 51.7 Å². The Balaban J connectivity index is -0.000000853. The molecule has 1 rings (SSSR count). The Hall–Kier alpha value is 1.04. The van der Waals surface area contributed by atoms with E-state index in [9.17, 15) is 14.2 Å². The van der Waals surface area contributed by atoms with E-state index < -0.39 is 26.8 Å². The summed E-state index contributed by atoms with van der Waals surface area (Å²) in [6, 6.07) is 0. The first kappa shape index (κ1) is 18.0. The minimum atomic E-state index is -5.41. The van der Waals surface area contributed by atoms with Crippen LogP contribution in [0.5, 0.6) is 0 Å². The SMILES string of the molecule is O=P(O)(O)C(O)(Cn1ccnc1)P(=O)(O)O.[Ba+2].[H-].[H-]. The molecule has 1 aromatic rings. The average molecular weight is 411 g/mol. The Bertz CT molecular complexity index is 438. The third-order valence-corrected chi connectivity index (χ3v) is 5.60. The number of aromatic nitrogens is 2. The van der Waals surface area contributed by atoms with Crippen molar-refractivity contribution in [2.75, 3.05) is 0 Å². The molecular formula is C5H12BaN2O7P2. The number of hydrogen-bond donors (Lipinski definition) is 5. The summed E-state index contributed by atoms with van der Waals surface area (Å²) in [6.07, 6.45) is 3.51. The van der Waals surface area contributed by atoms with Gasteiger partial charge in [0.2, 0.25) is 0 Å². The van der Waals surface area contributed by atoms with Crippen LogP contribution in [0.2, 0.25) is 0 Å². The van der Waals surface area contributed by atoms with Crippen LogP contribution in [0.1, 0.15) is 2.85 Å². The summed E-state index contributed by atoms with van der Waals surface area (Å²) in [4.78, 5) is 38.7. The summed E-state index contributed by atoms with van der Waals surface area (Å²) < 4.78 is 22.8. The molecule has 5 N–H and O–H groups in total. The van der Waals surface area contributed by atoms with E-state index in [0.29, 0.717) is 0 Å². The Morgan fingerprint density at radius 3 is 2.00 bits per heavy atom. The van der Waals surface area contributed by atoms with Crippen LogP contribution in [0.4, 0.5) is 0 Å². The van der Waals surface area contributed by atoms with Crippen molar-refractivity contribution in [3.05, 3.63) is 18.7 Å². The second-order valence-electron chi connectivity index (χ2n) is 3.10. The molecule has 0 amide bonds. The minimum absolute atomic E-state index is 0. The van der Waals surface area contributed by atoms with E-state index in [1.165, 1.54) is 12.4 Å². The van der Waals surface area contributed by atoms with Gasteiger partial charge in [-0.3, -0.25) is 9.13 Å². The van der Waals surface area contributed by atoms with Gasteiger partial charge in [0.1, 0.15) is 0 Å². The zero-order valence-corrected chi connectivity index (χ0v) is 14.7. The van der Waals surface area contributed by atoms with Gasteiger partial charge >= 0.3 is 64.1 Å². The molecule has 0 fully saturated rings. The Labute approximate surface area is 139 Å². The zero-order valence-electron chi connectivity index (χ0n) is 10.5. The molecule has 1 heterocycles. The minimum Gasteiger partial charge on any atom is -1.00 e. The molecule has 0 unspecified atom stereocenters. The molecule has 0 aliphatic rings. The smallest absolute Gasteiger partial charge is 1.00 e. The molecule has 0 spiro atoms. The number of hydrogen-bond acceptors (Lipinski definition) is 4. The summed E-state index contributed by atoms with van der Waals surface area (Å²) in [5.41, 5.74) is 0. The largest absolute Gasteiger partial charge is 2.00 e. The van der Waals surface area contributed by atoms with Crippen molar-refractivity contribution in [1.29, 1.82) is 0 Å². The third-order valence-electron chi connectivity index (χ3n) is 1.89. The summed E-state index contributed by atoms with van der Waals surface area (Å²) in [7, 11) is -10.8. The van der Waals surface area contributed by atoms with E-state index in [0.717, 1.165) is 10.9 Å². The van der Waals surface area contributed by atoms with Crippen LogP contribution in [-0.4, -0.2) is 88.2 Å². The van der Waals surface area contributed by atoms with Crippen LogP contribution in [0.15, 0.2) is 18.7 Å². The van der Waals surface area contributed by atoms with Crippen LogP contribution >= 0.6 is 15.2 Å². The van der Waals surface area contributed by atoms with Gasteiger partial charge in [-0.2, -0.15) is 0 Å². The van der Waals surface area contributed by atoms with E-state index >= 15 is 0 Å². The fourth-order valence-corrected chi connectivity index (χ4v) is 3.03. The van der Waals surface area contributed by atoms with Crippen LogP contribution in [-0.2, 0) is 15.7 Å². The molecule has 0 aliphatic heterocycles. The molecule has 0 aliphatic carbocycles. The molecule has 0 atom stereocenters. The summed E-state index contributed by atoms with van der Waals surface area (Å²) in [6.45, 7) is -0.957. The predicted octanol–water partition coefficient (Wildman–Crippen LogP) is -1.27. The first-order valence-corrected chi connectivity index (χ1v) is 7.10. The van der Waals surface area contributed by atoms with Crippen molar-refractivity contribution in [2.45, 2.75) is 11.6 Å². The molecular weight excluding hydrogens is 399 g/mol. The normalized spacial score (nSPS) is 13.2. The summed E-state index contributed by atoms with van der Waals surface area (Å²) in [5.74, 6) is 0. The molecule has 0 saturated carbocycles. The second kappa shape index (κ2) is 6.00. The first-order chi connectivity index (χ1) is 7.08. The monoisotopic (exact) mass is 412 g/mol. The van der Waals surface area contributed by atoms with Gasteiger partial charge < -0.3 is 32.1 Å². The van der Waals surface area contributed by atoms with Gasteiger partial charge in [-0.05, 0) is 0 Å². The van der Waals surface area contributed by atoms with E-state index in [1.807, 2.05) is 0 Å². The van der Waals surface area contributed by atoms with Crippen LogP contribution < -0.4 is 0 Å². The van der Waals surface area contributed by atoms with Gasteiger partial charge in [0, 0.05) is 12.4 Å². The van der Waals surface area contributed by atoms with E-state index in [1.54, 1.807) is 0 Å². The molecule has 0 bridgehead atoms. The molecule has 1 aromatic heterocycles. The van der Waals surface area contributed by atoms with Crippen molar-refractivity contribution in [3.63, 3.8) is 0 Å². The Kier molecular flexibility index (Phi) is 6.36. The number of rotatable bonds is 4. The molecule has 9 nitrogen and oxygen atoms in total. The van der Waals surface area contributed by atoms with Crippen LogP contribution in [0.25, 0.3) is 0 Å². The molecule has 17 heavy (non-hydrogen) atoms. The Morgan fingerprint density at radius 2 is 1.71 bits per heavy atom. The molecule has 96 valence electrons. The van der Waals surface area contributed by atoms with Gasteiger partial charge in [-0.15, -0.1) is 0 Å². The van der Waals surface area contributed by atoms with Crippen molar-refractivity contribution in [3.8, 4) is 0 Å². The topological polar surface area (TPSA) is 153 Å². The van der Waals surface area contributed by atoms with Crippen molar-refractivity contribution in [1.82, 2.24) is 9.55 Å². The second-order valence-corrected chi connectivity index (χ2v) is 7.11.